The number of benzene rings is 2. The van der Waals surface area contributed by atoms with Gasteiger partial charge in [0, 0.05) is 13.0 Å². The Kier molecular flexibility index (Phi) is 7.25. The number of hydrogen-bond acceptors (Lipinski definition) is 4. The fourth-order valence-corrected chi connectivity index (χ4v) is 3.97. The average molecular weight is 441 g/mol. The number of halogens is 1. The van der Waals surface area contributed by atoms with E-state index in [1.807, 2.05) is 24.3 Å². The SMILES string of the molecule is CC(=O)C1CC(c2ccc(C[C@H](NC(=O)c3c(C)cccc3Cl)C(=O)O)cc2)=CCN1. The molecule has 6 nitrogen and oxygen atoms in total. The van der Waals surface area contributed by atoms with Crippen LogP contribution in [0.5, 0.6) is 0 Å². The number of aliphatic carboxylic acids is 1. The molecular formula is C24H25ClN2O4. The van der Waals surface area contributed by atoms with E-state index in [2.05, 4.69) is 16.7 Å². The molecule has 1 amide bonds. The number of hydrogen-bond donors (Lipinski definition) is 3. The van der Waals surface area contributed by atoms with Crippen molar-refractivity contribution in [1.82, 2.24) is 10.6 Å². The fraction of sp³-hybridized carbons (Fsp3) is 0.292. The van der Waals surface area contributed by atoms with E-state index >= 15 is 0 Å². The molecule has 0 aromatic heterocycles. The maximum atomic E-state index is 12.6. The summed E-state index contributed by atoms with van der Waals surface area (Å²) in [5.41, 5.74) is 3.83. The van der Waals surface area contributed by atoms with Gasteiger partial charge in [0.1, 0.15) is 11.8 Å². The normalized spacial score (nSPS) is 16.9. The van der Waals surface area contributed by atoms with E-state index in [4.69, 9.17) is 11.6 Å². The Morgan fingerprint density at radius 3 is 2.52 bits per heavy atom. The highest BCUT2D eigenvalue weighted by Crippen LogP contribution is 2.24. The molecule has 31 heavy (non-hydrogen) atoms. The lowest BCUT2D eigenvalue weighted by molar-refractivity contribution is -0.139. The van der Waals surface area contributed by atoms with Crippen molar-refractivity contribution in [3.05, 3.63) is 75.8 Å². The Hall–Kier alpha value is -2.96. The van der Waals surface area contributed by atoms with Crippen LogP contribution >= 0.6 is 11.6 Å². The number of carbonyl (C=O) groups is 3. The van der Waals surface area contributed by atoms with Gasteiger partial charge in [-0.25, -0.2) is 4.79 Å². The number of carboxylic acids is 1. The third-order valence-corrected chi connectivity index (χ3v) is 5.76. The number of carbonyl (C=O) groups excluding carboxylic acids is 2. The van der Waals surface area contributed by atoms with Crippen LogP contribution in [0, 0.1) is 6.92 Å². The lowest BCUT2D eigenvalue weighted by atomic mass is 9.92. The van der Waals surface area contributed by atoms with Crippen LogP contribution in [0.4, 0.5) is 0 Å². The van der Waals surface area contributed by atoms with Crippen molar-refractivity contribution in [2.75, 3.05) is 6.54 Å². The van der Waals surface area contributed by atoms with E-state index in [0.717, 1.165) is 16.7 Å². The fourth-order valence-electron chi connectivity index (χ4n) is 3.66. The number of rotatable bonds is 7. The molecule has 2 aromatic carbocycles. The molecule has 162 valence electrons. The third-order valence-electron chi connectivity index (χ3n) is 5.44. The Balaban J connectivity index is 1.71. The third kappa shape index (κ3) is 5.60. The molecular weight excluding hydrogens is 416 g/mol. The average Bonchev–Trinajstić information content (AvgIpc) is 2.73. The number of carboxylic acid groups (broad SMARTS) is 1. The molecule has 1 aliphatic heterocycles. The van der Waals surface area contributed by atoms with Gasteiger partial charge in [-0.1, -0.05) is 54.1 Å². The Morgan fingerprint density at radius 1 is 1.19 bits per heavy atom. The zero-order chi connectivity index (χ0) is 22.5. The standard InChI is InChI=1S/C24H25ClN2O4/c1-14-4-3-5-19(25)22(14)23(29)27-21(24(30)31)12-16-6-8-17(9-7-16)18-10-11-26-20(13-18)15(2)28/h3-10,20-21,26H,11-13H2,1-2H3,(H,27,29)(H,30,31)/t20?,21-/m0/s1. The smallest absolute Gasteiger partial charge is 0.326 e. The van der Waals surface area contributed by atoms with Crippen LogP contribution in [0.15, 0.2) is 48.5 Å². The number of nitrogens with one attached hydrogen (secondary N) is 2. The summed E-state index contributed by atoms with van der Waals surface area (Å²) in [4.78, 5) is 36.1. The topological polar surface area (TPSA) is 95.5 Å². The molecule has 1 aliphatic rings. The van der Waals surface area contributed by atoms with Crippen molar-refractivity contribution in [3.63, 3.8) is 0 Å². The molecule has 0 aliphatic carbocycles. The highest BCUT2D eigenvalue weighted by molar-refractivity contribution is 6.34. The molecule has 0 radical (unpaired) electrons. The summed E-state index contributed by atoms with van der Waals surface area (Å²) >= 11 is 6.13. The zero-order valence-electron chi connectivity index (χ0n) is 17.4. The minimum absolute atomic E-state index is 0.107. The van der Waals surface area contributed by atoms with Gasteiger partial charge in [0.2, 0.25) is 0 Å². The van der Waals surface area contributed by atoms with Crippen LogP contribution in [0.1, 0.15) is 40.4 Å². The molecule has 0 saturated carbocycles. The molecule has 0 fully saturated rings. The summed E-state index contributed by atoms with van der Waals surface area (Å²) in [7, 11) is 0. The van der Waals surface area contributed by atoms with Crippen molar-refractivity contribution in [3.8, 4) is 0 Å². The van der Waals surface area contributed by atoms with Crippen molar-refractivity contribution in [1.29, 1.82) is 0 Å². The van der Waals surface area contributed by atoms with Gasteiger partial charge in [0.15, 0.2) is 0 Å². The van der Waals surface area contributed by atoms with Crippen molar-refractivity contribution in [2.45, 2.75) is 38.8 Å². The van der Waals surface area contributed by atoms with Gasteiger partial charge in [0.05, 0.1) is 16.6 Å². The van der Waals surface area contributed by atoms with E-state index in [1.54, 1.807) is 32.0 Å². The molecule has 1 heterocycles. The van der Waals surface area contributed by atoms with Gasteiger partial charge in [-0.05, 0) is 48.6 Å². The lowest BCUT2D eigenvalue weighted by Gasteiger charge is -2.22. The molecule has 7 heteroatoms. The van der Waals surface area contributed by atoms with Gasteiger partial charge >= 0.3 is 5.97 Å². The van der Waals surface area contributed by atoms with Gasteiger partial charge in [-0.15, -0.1) is 0 Å². The van der Waals surface area contributed by atoms with E-state index in [0.29, 0.717) is 18.5 Å². The van der Waals surface area contributed by atoms with Crippen LogP contribution in [-0.4, -0.2) is 41.4 Å². The molecule has 2 atom stereocenters. The van der Waals surface area contributed by atoms with E-state index < -0.39 is 17.9 Å². The Morgan fingerprint density at radius 2 is 1.90 bits per heavy atom. The summed E-state index contributed by atoms with van der Waals surface area (Å²) in [6.07, 6.45) is 2.82. The van der Waals surface area contributed by atoms with Crippen molar-refractivity contribution < 1.29 is 19.5 Å². The van der Waals surface area contributed by atoms with Crippen molar-refractivity contribution >= 4 is 34.8 Å². The number of amides is 1. The van der Waals surface area contributed by atoms with Crippen LogP contribution in [0.3, 0.4) is 0 Å². The predicted octanol–water partition coefficient (Wildman–Crippen LogP) is 3.41. The van der Waals surface area contributed by atoms with Crippen molar-refractivity contribution in [2.24, 2.45) is 0 Å². The summed E-state index contributed by atoms with van der Waals surface area (Å²) < 4.78 is 0. The molecule has 0 saturated heterocycles. The monoisotopic (exact) mass is 440 g/mol. The first-order valence-corrected chi connectivity index (χ1v) is 10.4. The molecule has 3 rings (SSSR count). The van der Waals surface area contributed by atoms with Crippen LogP contribution in [0.2, 0.25) is 5.02 Å². The summed E-state index contributed by atoms with van der Waals surface area (Å²) in [5.74, 6) is -1.52. The van der Waals surface area contributed by atoms with Gasteiger partial charge in [-0.2, -0.15) is 0 Å². The van der Waals surface area contributed by atoms with Gasteiger partial charge in [0.25, 0.3) is 5.91 Å². The summed E-state index contributed by atoms with van der Waals surface area (Å²) in [6, 6.07) is 11.4. The number of ketones is 1. The summed E-state index contributed by atoms with van der Waals surface area (Å²) in [5, 5.41) is 15.6. The van der Waals surface area contributed by atoms with E-state index in [-0.39, 0.29) is 28.8 Å². The van der Waals surface area contributed by atoms with E-state index in [1.165, 1.54) is 0 Å². The largest absolute Gasteiger partial charge is 0.480 e. The first-order chi connectivity index (χ1) is 14.8. The molecule has 0 spiro atoms. The second-order valence-corrected chi connectivity index (χ2v) is 8.11. The van der Waals surface area contributed by atoms with Crippen LogP contribution in [0.25, 0.3) is 5.57 Å². The van der Waals surface area contributed by atoms with Crippen LogP contribution in [-0.2, 0) is 16.0 Å². The summed E-state index contributed by atoms with van der Waals surface area (Å²) in [6.45, 7) is 3.96. The first-order valence-electron chi connectivity index (χ1n) is 10.1. The second kappa shape index (κ2) is 9.90. The molecule has 2 aromatic rings. The minimum Gasteiger partial charge on any atom is -0.480 e. The highest BCUT2D eigenvalue weighted by atomic mass is 35.5. The van der Waals surface area contributed by atoms with Gasteiger partial charge in [-0.3, -0.25) is 9.59 Å². The first kappa shape index (κ1) is 22.7. The maximum Gasteiger partial charge on any atom is 0.326 e. The van der Waals surface area contributed by atoms with E-state index in [9.17, 15) is 19.5 Å². The second-order valence-electron chi connectivity index (χ2n) is 7.70. The lowest BCUT2D eigenvalue weighted by Crippen LogP contribution is -2.42. The Labute approximate surface area is 186 Å². The number of Topliss-reactive ketones (excluding diaryl/α,β-unsaturated/α-hetero) is 1. The van der Waals surface area contributed by atoms with Crippen LogP contribution < -0.4 is 10.6 Å². The number of aryl methyl sites for hydroxylation is 1. The maximum absolute atomic E-state index is 12.6. The minimum atomic E-state index is -1.12. The molecule has 1 unspecified atom stereocenters. The molecule has 3 N–H and O–H groups in total. The quantitative estimate of drug-likeness (QED) is 0.613. The Bertz CT molecular complexity index is 1010. The molecule has 0 bridgehead atoms. The van der Waals surface area contributed by atoms with Gasteiger partial charge < -0.3 is 15.7 Å². The predicted molar refractivity (Wildman–Crippen MR) is 120 cm³/mol. The zero-order valence-corrected chi connectivity index (χ0v) is 18.2. The highest BCUT2D eigenvalue weighted by Gasteiger charge is 2.24.